The van der Waals surface area contributed by atoms with Crippen LogP contribution >= 0.6 is 12.2 Å². The van der Waals surface area contributed by atoms with Gasteiger partial charge in [-0.25, -0.2) is 4.98 Å². The Labute approximate surface area is 118 Å². The second-order valence-corrected chi connectivity index (χ2v) is 5.14. The molecule has 0 aliphatic heterocycles. The van der Waals surface area contributed by atoms with Gasteiger partial charge in [0, 0.05) is 19.2 Å². The van der Waals surface area contributed by atoms with Crippen LogP contribution in [0.1, 0.15) is 28.2 Å². The maximum absolute atomic E-state index is 5.18. The number of hydrogen-bond acceptors (Lipinski definition) is 3. The number of hydrogen-bond donors (Lipinski definition) is 1. The lowest BCUT2D eigenvalue weighted by molar-refractivity contribution is 0.181. The summed E-state index contributed by atoms with van der Waals surface area (Å²) in [6, 6.07) is 8.29. The minimum atomic E-state index is 0.520. The number of nitrogens with one attached hydrogen (secondary N) is 1. The summed E-state index contributed by atoms with van der Waals surface area (Å²) in [4.78, 5) is 7.63. The Morgan fingerprint density at radius 3 is 2.68 bits per heavy atom. The molecule has 2 aromatic rings. The number of aromatic amines is 1. The second kappa shape index (κ2) is 6.08. The molecule has 0 unspecified atom stereocenters. The average molecular weight is 274 g/mol. The number of H-pyrrole nitrogens is 1. The van der Waals surface area contributed by atoms with Gasteiger partial charge in [0.15, 0.2) is 0 Å². The molecule has 0 fully saturated rings. The highest BCUT2D eigenvalue weighted by Crippen LogP contribution is 2.13. The summed E-state index contributed by atoms with van der Waals surface area (Å²) in [6.07, 6.45) is 0.752. The molecule has 0 aliphatic rings. The maximum atomic E-state index is 5.18. The van der Waals surface area contributed by atoms with Crippen molar-refractivity contribution in [2.45, 2.75) is 26.9 Å². The van der Waals surface area contributed by atoms with Crippen LogP contribution in [0.2, 0.25) is 0 Å². The number of methoxy groups -OCH3 is 1. The minimum Gasteiger partial charge on any atom is -0.378 e. The number of rotatable bonds is 4. The lowest BCUT2D eigenvalue weighted by atomic mass is 10.0. The molecule has 1 aromatic heterocycles. The Hall–Kier alpha value is -1.52. The number of nitrogens with zero attached hydrogens (tertiary/aromatic N) is 1. The van der Waals surface area contributed by atoms with Crippen molar-refractivity contribution in [2.75, 3.05) is 7.11 Å². The zero-order chi connectivity index (χ0) is 13.8. The summed E-state index contributed by atoms with van der Waals surface area (Å²) >= 11 is 5.18. The fourth-order valence-corrected chi connectivity index (χ4v) is 2.24. The lowest BCUT2D eigenvalue weighted by Gasteiger charge is -2.07. The standard InChI is InChI=1S/C15H18N2OS/c1-10-4-5-12(6-11(10)2)7-14-16-13(9-18-3)8-15(19)17-14/h4-6,8H,7,9H2,1-3H3,(H,16,17,19). The van der Waals surface area contributed by atoms with Gasteiger partial charge in [0.1, 0.15) is 10.5 Å². The Bertz CT molecular complexity index is 634. The number of aryl methyl sites for hydroxylation is 2. The molecule has 0 spiro atoms. The molecular formula is C15H18N2OS. The van der Waals surface area contributed by atoms with E-state index in [1.807, 2.05) is 6.07 Å². The molecule has 0 aliphatic carbocycles. The zero-order valence-electron chi connectivity index (χ0n) is 11.5. The van der Waals surface area contributed by atoms with Crippen molar-refractivity contribution in [2.24, 2.45) is 0 Å². The van der Waals surface area contributed by atoms with Gasteiger partial charge in [-0.1, -0.05) is 30.4 Å². The van der Waals surface area contributed by atoms with Crippen LogP contribution in [0.25, 0.3) is 0 Å². The first-order valence-corrected chi connectivity index (χ1v) is 6.63. The van der Waals surface area contributed by atoms with Crippen LogP contribution in [0, 0.1) is 18.5 Å². The first kappa shape index (κ1) is 13.9. The van der Waals surface area contributed by atoms with Gasteiger partial charge in [-0.2, -0.15) is 0 Å². The predicted octanol–water partition coefficient (Wildman–Crippen LogP) is 3.49. The Kier molecular flexibility index (Phi) is 4.45. The normalized spacial score (nSPS) is 10.7. The summed E-state index contributed by atoms with van der Waals surface area (Å²) in [7, 11) is 1.67. The molecule has 0 saturated carbocycles. The van der Waals surface area contributed by atoms with Crippen LogP contribution in [0.4, 0.5) is 0 Å². The van der Waals surface area contributed by atoms with Gasteiger partial charge in [-0.15, -0.1) is 0 Å². The van der Waals surface area contributed by atoms with Gasteiger partial charge in [-0.3, -0.25) is 0 Å². The number of benzene rings is 1. The molecule has 0 amide bonds. The second-order valence-electron chi connectivity index (χ2n) is 4.72. The monoisotopic (exact) mass is 274 g/mol. The van der Waals surface area contributed by atoms with E-state index < -0.39 is 0 Å². The molecule has 1 N–H and O–H groups in total. The van der Waals surface area contributed by atoms with E-state index in [9.17, 15) is 0 Å². The molecule has 1 heterocycles. The molecule has 0 atom stereocenters. The van der Waals surface area contributed by atoms with Crippen LogP contribution in [-0.4, -0.2) is 17.1 Å². The van der Waals surface area contributed by atoms with Gasteiger partial charge in [0.2, 0.25) is 0 Å². The van der Waals surface area contributed by atoms with Gasteiger partial charge in [-0.05, 0) is 36.6 Å². The number of ether oxygens (including phenoxy) is 1. The molecule has 0 bridgehead atoms. The molecular weight excluding hydrogens is 256 g/mol. The van der Waals surface area contributed by atoms with E-state index in [0.29, 0.717) is 11.2 Å². The quantitative estimate of drug-likeness (QED) is 0.867. The van der Waals surface area contributed by atoms with Crippen molar-refractivity contribution in [3.05, 3.63) is 57.1 Å². The van der Waals surface area contributed by atoms with Crippen molar-refractivity contribution in [3.63, 3.8) is 0 Å². The zero-order valence-corrected chi connectivity index (χ0v) is 12.3. The largest absolute Gasteiger partial charge is 0.378 e. The smallest absolute Gasteiger partial charge is 0.130 e. The third-order valence-electron chi connectivity index (χ3n) is 3.09. The Morgan fingerprint density at radius 1 is 1.21 bits per heavy atom. The molecule has 2 rings (SSSR count). The van der Waals surface area contributed by atoms with Crippen molar-refractivity contribution < 1.29 is 4.74 Å². The van der Waals surface area contributed by atoms with Gasteiger partial charge < -0.3 is 9.72 Å². The third-order valence-corrected chi connectivity index (χ3v) is 3.30. The molecule has 0 saturated heterocycles. The fraction of sp³-hybridized carbons (Fsp3) is 0.333. The summed E-state index contributed by atoms with van der Waals surface area (Å²) in [6.45, 7) is 4.76. The van der Waals surface area contributed by atoms with Crippen LogP contribution < -0.4 is 0 Å². The highest BCUT2D eigenvalue weighted by molar-refractivity contribution is 7.71. The SMILES string of the molecule is COCc1cc(=S)nc(Cc2ccc(C)c(C)c2)[nH]1. The molecule has 0 radical (unpaired) electrons. The van der Waals surface area contributed by atoms with E-state index >= 15 is 0 Å². The first-order valence-electron chi connectivity index (χ1n) is 6.22. The summed E-state index contributed by atoms with van der Waals surface area (Å²) in [5.74, 6) is 0.878. The van der Waals surface area contributed by atoms with E-state index in [1.165, 1.54) is 16.7 Å². The fourth-order valence-electron chi connectivity index (χ4n) is 1.99. The van der Waals surface area contributed by atoms with Crippen LogP contribution in [0.15, 0.2) is 24.3 Å². The highest BCUT2D eigenvalue weighted by atomic mass is 32.1. The van der Waals surface area contributed by atoms with E-state index in [-0.39, 0.29) is 0 Å². The van der Waals surface area contributed by atoms with Crippen LogP contribution in [0.3, 0.4) is 0 Å². The minimum absolute atomic E-state index is 0.520. The molecule has 4 heteroatoms. The lowest BCUT2D eigenvalue weighted by Crippen LogP contribution is -2.02. The van der Waals surface area contributed by atoms with Gasteiger partial charge in [0.25, 0.3) is 0 Å². The van der Waals surface area contributed by atoms with E-state index in [0.717, 1.165) is 17.9 Å². The third kappa shape index (κ3) is 3.72. The topological polar surface area (TPSA) is 37.9 Å². The van der Waals surface area contributed by atoms with E-state index in [2.05, 4.69) is 42.0 Å². The average Bonchev–Trinajstić information content (AvgIpc) is 2.33. The molecule has 100 valence electrons. The van der Waals surface area contributed by atoms with E-state index in [1.54, 1.807) is 7.11 Å². The highest BCUT2D eigenvalue weighted by Gasteiger charge is 2.02. The molecule has 19 heavy (non-hydrogen) atoms. The van der Waals surface area contributed by atoms with Crippen molar-refractivity contribution in [1.82, 2.24) is 9.97 Å². The predicted molar refractivity (Wildman–Crippen MR) is 78.9 cm³/mol. The Balaban J connectivity index is 2.27. The Morgan fingerprint density at radius 2 is 2.00 bits per heavy atom. The summed E-state index contributed by atoms with van der Waals surface area (Å²) in [5, 5.41) is 0. The molecule has 1 aromatic carbocycles. The van der Waals surface area contributed by atoms with Crippen molar-refractivity contribution >= 4 is 12.2 Å². The number of aromatic nitrogens is 2. The maximum Gasteiger partial charge on any atom is 0.130 e. The first-order chi connectivity index (χ1) is 9.08. The summed E-state index contributed by atoms with van der Waals surface area (Å²) in [5.41, 5.74) is 4.79. The van der Waals surface area contributed by atoms with Crippen molar-refractivity contribution in [1.29, 1.82) is 0 Å². The van der Waals surface area contributed by atoms with Crippen LogP contribution in [0.5, 0.6) is 0 Å². The van der Waals surface area contributed by atoms with E-state index in [4.69, 9.17) is 17.0 Å². The summed E-state index contributed by atoms with van der Waals surface area (Å²) < 4.78 is 5.72. The van der Waals surface area contributed by atoms with Crippen LogP contribution in [-0.2, 0) is 17.8 Å². The van der Waals surface area contributed by atoms with Gasteiger partial charge in [0.05, 0.1) is 6.61 Å². The van der Waals surface area contributed by atoms with Crippen molar-refractivity contribution in [3.8, 4) is 0 Å². The van der Waals surface area contributed by atoms with Gasteiger partial charge >= 0.3 is 0 Å². The molecule has 3 nitrogen and oxygen atoms in total.